The molecule has 1 aliphatic heterocycles. The first-order valence-electron chi connectivity index (χ1n) is 5.88. The van der Waals surface area contributed by atoms with Crippen LogP contribution in [0, 0.1) is 0 Å². The van der Waals surface area contributed by atoms with Crippen molar-refractivity contribution in [1.82, 2.24) is 5.32 Å². The molecule has 0 radical (unpaired) electrons. The lowest BCUT2D eigenvalue weighted by Crippen LogP contribution is -2.61. The molecule has 1 fully saturated rings. The van der Waals surface area contributed by atoms with Crippen LogP contribution >= 0.6 is 11.6 Å². The number of amides is 1. The van der Waals surface area contributed by atoms with E-state index in [1.165, 1.54) is 5.32 Å². The Morgan fingerprint density at radius 1 is 1.26 bits per heavy atom. The summed E-state index contributed by atoms with van der Waals surface area (Å²) in [6, 6.07) is -1.86. The van der Waals surface area contributed by atoms with Gasteiger partial charge in [0.15, 0.2) is 0 Å². The number of carbonyl (C=O) groups is 2. The maximum absolute atomic E-state index is 12.2. The van der Waals surface area contributed by atoms with E-state index < -0.39 is 54.1 Å². The highest BCUT2D eigenvalue weighted by Crippen LogP contribution is 2.33. The van der Waals surface area contributed by atoms with Gasteiger partial charge in [-0.25, -0.2) is 4.79 Å². The molecule has 0 bridgehead atoms. The van der Waals surface area contributed by atoms with Gasteiger partial charge in [-0.05, 0) is 6.92 Å². The lowest BCUT2D eigenvalue weighted by molar-refractivity contribution is -0.252. The van der Waals surface area contributed by atoms with Gasteiger partial charge in [0, 0.05) is 6.42 Å². The van der Waals surface area contributed by atoms with E-state index in [1.807, 2.05) is 0 Å². The first kappa shape index (κ1) is 19.8. The minimum Gasteiger partial charge on any atom is -0.451 e. The van der Waals surface area contributed by atoms with E-state index in [9.17, 15) is 41.0 Å². The molecule has 2 N–H and O–H groups in total. The highest BCUT2D eigenvalue weighted by molar-refractivity contribution is 6.21. The maximum atomic E-state index is 12.2. The second-order valence-electron chi connectivity index (χ2n) is 4.66. The van der Waals surface area contributed by atoms with E-state index in [0.717, 1.165) is 6.92 Å². The number of carbonyl (C=O) groups excluding carboxylic acids is 2. The van der Waals surface area contributed by atoms with Gasteiger partial charge in [0.25, 0.3) is 0 Å². The van der Waals surface area contributed by atoms with Gasteiger partial charge in [0.05, 0.1) is 12.1 Å². The third kappa shape index (κ3) is 5.39. The Morgan fingerprint density at radius 3 is 2.22 bits per heavy atom. The Bertz CT molecular complexity index is 479. The molecule has 23 heavy (non-hydrogen) atoms. The van der Waals surface area contributed by atoms with Crippen molar-refractivity contribution in [2.75, 3.05) is 0 Å². The number of esters is 1. The van der Waals surface area contributed by atoms with Gasteiger partial charge < -0.3 is 19.9 Å². The van der Waals surface area contributed by atoms with Gasteiger partial charge in [0.1, 0.15) is 6.10 Å². The van der Waals surface area contributed by atoms with Crippen LogP contribution < -0.4 is 5.32 Å². The molecule has 1 aliphatic rings. The van der Waals surface area contributed by atoms with Crippen molar-refractivity contribution in [3.8, 4) is 0 Å². The van der Waals surface area contributed by atoms with E-state index >= 15 is 0 Å². The van der Waals surface area contributed by atoms with Gasteiger partial charge in [-0.2, -0.15) is 26.3 Å². The number of hydrogen-bond acceptors (Lipinski definition) is 5. The molecule has 1 saturated heterocycles. The smallest absolute Gasteiger partial charge is 0.451 e. The molecule has 1 unspecified atom stereocenters. The molecule has 0 aliphatic carbocycles. The lowest BCUT2D eigenvalue weighted by atomic mass is 9.99. The van der Waals surface area contributed by atoms with Crippen LogP contribution in [0.4, 0.5) is 26.3 Å². The summed E-state index contributed by atoms with van der Waals surface area (Å²) < 4.78 is 82.0. The molecule has 0 aromatic carbocycles. The monoisotopic (exact) mass is 373 g/mol. The van der Waals surface area contributed by atoms with Crippen LogP contribution in [0.3, 0.4) is 0 Å². The summed E-state index contributed by atoms with van der Waals surface area (Å²) in [5, 5.41) is 8.26. The Morgan fingerprint density at radius 2 is 1.78 bits per heavy atom. The highest BCUT2D eigenvalue weighted by atomic mass is 35.5. The van der Waals surface area contributed by atoms with E-state index in [-0.39, 0.29) is 0 Å². The van der Waals surface area contributed by atoms with Crippen molar-refractivity contribution in [3.63, 3.8) is 0 Å². The molecule has 0 saturated carbocycles. The number of aliphatic hydroxyl groups is 1. The fourth-order valence-corrected chi connectivity index (χ4v) is 2.17. The van der Waals surface area contributed by atoms with Crippen molar-refractivity contribution in [3.05, 3.63) is 0 Å². The Labute approximate surface area is 129 Å². The Hall–Kier alpha value is -1.27. The quantitative estimate of drug-likeness (QED) is 0.432. The number of halogens is 7. The summed E-state index contributed by atoms with van der Waals surface area (Å²) in [5.41, 5.74) is 0. The minimum atomic E-state index is -5.41. The van der Waals surface area contributed by atoms with Crippen molar-refractivity contribution < 1.29 is 50.5 Å². The van der Waals surface area contributed by atoms with E-state index in [1.54, 1.807) is 0 Å². The van der Waals surface area contributed by atoms with Crippen LogP contribution in [0.2, 0.25) is 0 Å². The molecule has 0 spiro atoms. The molecule has 134 valence electrons. The molecule has 6 nitrogen and oxygen atoms in total. The van der Waals surface area contributed by atoms with Crippen molar-refractivity contribution >= 4 is 23.5 Å². The Balaban J connectivity index is 2.98. The average molecular weight is 374 g/mol. The summed E-state index contributed by atoms with van der Waals surface area (Å²) in [4.78, 5) is 21.7. The van der Waals surface area contributed by atoms with Crippen LogP contribution in [0.5, 0.6) is 0 Å². The number of hydrogen-bond donors (Lipinski definition) is 2. The molecule has 1 rings (SSSR count). The van der Waals surface area contributed by atoms with E-state index in [0.29, 0.717) is 0 Å². The maximum Gasteiger partial charge on any atom is 0.490 e. The molecule has 4 atom stereocenters. The van der Waals surface area contributed by atoms with Crippen molar-refractivity contribution in [2.45, 2.75) is 49.2 Å². The zero-order valence-electron chi connectivity index (χ0n) is 11.2. The molecule has 0 aromatic heterocycles. The van der Waals surface area contributed by atoms with E-state index in [2.05, 4.69) is 9.47 Å². The summed E-state index contributed by atoms with van der Waals surface area (Å²) >= 11 is 5.39. The third-order valence-electron chi connectivity index (χ3n) is 2.75. The first-order valence-corrected chi connectivity index (χ1v) is 6.26. The van der Waals surface area contributed by atoms with Gasteiger partial charge in [-0.1, -0.05) is 11.6 Å². The molecule has 1 heterocycles. The fourth-order valence-electron chi connectivity index (χ4n) is 1.87. The normalized spacial score (nSPS) is 32.3. The number of ether oxygens (including phenoxy) is 2. The van der Waals surface area contributed by atoms with Crippen LogP contribution in [-0.4, -0.2) is 52.8 Å². The van der Waals surface area contributed by atoms with Crippen LogP contribution in [0.15, 0.2) is 0 Å². The average Bonchev–Trinajstić information content (AvgIpc) is 2.29. The van der Waals surface area contributed by atoms with Crippen LogP contribution in [0.25, 0.3) is 0 Å². The summed E-state index contributed by atoms with van der Waals surface area (Å²) in [6.45, 7) is 0.994. The summed E-state index contributed by atoms with van der Waals surface area (Å²) in [5.74, 6) is -5.19. The van der Waals surface area contributed by atoms with Gasteiger partial charge in [-0.15, -0.1) is 0 Å². The van der Waals surface area contributed by atoms with Crippen LogP contribution in [-0.2, 0) is 19.1 Å². The van der Waals surface area contributed by atoms with Crippen molar-refractivity contribution in [1.29, 1.82) is 0 Å². The summed E-state index contributed by atoms with van der Waals surface area (Å²) in [7, 11) is 0. The first-order chi connectivity index (χ1) is 10.1. The SMILES string of the molecule is C[C@@H]1OC(O)(Cl)C[C@H](NC(=O)C(F)(F)F)[C@@H]1OC(=O)C(F)(F)F. The standard InChI is InChI=1S/C10H10ClF6NO5/c1-3-5(22-7(20)10(15,16)17)4(2-8(11,21)23-3)18-6(19)9(12,13)14/h3-5,21H,2H2,1H3,(H,18,19)/t3-,4-,5+,8?/m0/s1. The predicted molar refractivity (Wildman–Crippen MR) is 59.9 cm³/mol. The Kier molecular flexibility index (Phi) is 5.43. The van der Waals surface area contributed by atoms with Crippen molar-refractivity contribution in [2.24, 2.45) is 0 Å². The van der Waals surface area contributed by atoms with Crippen LogP contribution in [0.1, 0.15) is 13.3 Å². The minimum absolute atomic E-state index is 0.948. The topological polar surface area (TPSA) is 84.9 Å². The molecule has 13 heteroatoms. The second kappa shape index (κ2) is 6.32. The third-order valence-corrected chi connectivity index (χ3v) is 2.99. The second-order valence-corrected chi connectivity index (χ2v) is 5.25. The fraction of sp³-hybridized carbons (Fsp3) is 0.800. The van der Waals surface area contributed by atoms with Gasteiger partial charge in [0.2, 0.25) is 5.25 Å². The number of nitrogens with one attached hydrogen (secondary N) is 1. The molecule has 1 amide bonds. The number of rotatable bonds is 2. The van der Waals surface area contributed by atoms with Gasteiger partial charge in [-0.3, -0.25) is 4.79 Å². The zero-order chi connectivity index (χ0) is 18.2. The molecular formula is C10H10ClF6NO5. The van der Waals surface area contributed by atoms with Gasteiger partial charge >= 0.3 is 24.2 Å². The molecular weight excluding hydrogens is 364 g/mol. The van der Waals surface area contributed by atoms with E-state index in [4.69, 9.17) is 11.6 Å². The summed E-state index contributed by atoms with van der Waals surface area (Å²) in [6.07, 6.45) is -15.2. The zero-order valence-corrected chi connectivity index (χ0v) is 11.9. The molecule has 0 aromatic rings. The highest BCUT2D eigenvalue weighted by Gasteiger charge is 2.51. The lowest BCUT2D eigenvalue weighted by Gasteiger charge is -2.41. The predicted octanol–water partition coefficient (Wildman–Crippen LogP) is 1.20. The number of alkyl halides is 7. The largest absolute Gasteiger partial charge is 0.490 e.